The summed E-state index contributed by atoms with van der Waals surface area (Å²) in [6, 6.07) is 20.1. The number of amides is 1. The predicted molar refractivity (Wildman–Crippen MR) is 126 cm³/mol. The first kappa shape index (κ1) is 22.6. The van der Waals surface area contributed by atoms with Gasteiger partial charge in [0.15, 0.2) is 0 Å². The molecule has 1 fully saturated rings. The minimum atomic E-state index is -0.986. The van der Waals surface area contributed by atoms with Gasteiger partial charge in [-0.25, -0.2) is 0 Å². The highest BCUT2D eigenvalue weighted by atomic mass is 16.5. The molecule has 1 heterocycles. The first-order valence-corrected chi connectivity index (χ1v) is 10.8. The van der Waals surface area contributed by atoms with Crippen LogP contribution in [0, 0.1) is 11.3 Å². The zero-order valence-electron chi connectivity index (χ0n) is 18.4. The Hall–Kier alpha value is -4.57. The summed E-state index contributed by atoms with van der Waals surface area (Å²) < 4.78 is 5.64. The van der Waals surface area contributed by atoms with Crippen LogP contribution in [-0.2, 0) is 9.59 Å². The number of nitriles is 1. The third-order valence-electron chi connectivity index (χ3n) is 5.49. The minimum Gasteiger partial charge on any atom is -0.508 e. The Balaban J connectivity index is 1.89. The van der Waals surface area contributed by atoms with Crippen LogP contribution < -0.4 is 9.64 Å². The Morgan fingerprint density at radius 1 is 1.06 bits per heavy atom. The third-order valence-corrected chi connectivity index (χ3v) is 5.49. The van der Waals surface area contributed by atoms with Crippen LogP contribution in [0.25, 0.3) is 5.76 Å². The molecule has 0 spiro atoms. The van der Waals surface area contributed by atoms with Crippen LogP contribution in [0.15, 0.2) is 78.4 Å². The summed E-state index contributed by atoms with van der Waals surface area (Å²) in [4.78, 5) is 27.6. The van der Waals surface area contributed by atoms with E-state index in [2.05, 4.69) is 0 Å². The fourth-order valence-electron chi connectivity index (χ4n) is 3.91. The molecule has 2 N–H and O–H groups in total. The second-order valence-corrected chi connectivity index (χ2v) is 7.80. The van der Waals surface area contributed by atoms with E-state index in [9.17, 15) is 19.8 Å². The largest absolute Gasteiger partial charge is 0.508 e. The number of rotatable bonds is 6. The zero-order valence-corrected chi connectivity index (χ0v) is 18.4. The number of phenols is 1. The van der Waals surface area contributed by atoms with Crippen molar-refractivity contribution in [1.82, 2.24) is 0 Å². The number of hydrogen-bond acceptors (Lipinski definition) is 6. The molecule has 0 saturated carbocycles. The highest BCUT2D eigenvalue weighted by Gasteiger charge is 2.47. The number of nitrogens with zero attached hydrogens (tertiary/aromatic N) is 2. The van der Waals surface area contributed by atoms with Crippen molar-refractivity contribution >= 4 is 23.1 Å². The molecule has 4 rings (SSSR count). The Morgan fingerprint density at radius 3 is 2.47 bits per heavy atom. The van der Waals surface area contributed by atoms with Crippen molar-refractivity contribution in [2.24, 2.45) is 0 Å². The topological polar surface area (TPSA) is 111 Å². The monoisotopic (exact) mass is 454 g/mol. The third kappa shape index (κ3) is 4.21. The summed E-state index contributed by atoms with van der Waals surface area (Å²) >= 11 is 0. The van der Waals surface area contributed by atoms with Gasteiger partial charge in [-0.2, -0.15) is 5.26 Å². The molecule has 1 aliphatic rings. The number of phenolic OH excluding ortho intramolecular Hbond substituents is 1. The summed E-state index contributed by atoms with van der Waals surface area (Å²) in [6.45, 7) is 2.47. The molecule has 170 valence electrons. The molecule has 0 aliphatic carbocycles. The van der Waals surface area contributed by atoms with Crippen LogP contribution in [-0.4, -0.2) is 28.5 Å². The number of aromatic hydroxyl groups is 1. The number of aliphatic hydroxyl groups excluding tert-OH is 1. The zero-order chi connectivity index (χ0) is 24.2. The Labute approximate surface area is 196 Å². The number of Topliss-reactive ketones (excluding diaryl/α,β-unsaturated/α-hetero) is 1. The fourth-order valence-corrected chi connectivity index (χ4v) is 3.91. The molecule has 1 atom stereocenters. The Morgan fingerprint density at radius 2 is 1.79 bits per heavy atom. The lowest BCUT2D eigenvalue weighted by atomic mass is 9.95. The Kier molecular flexibility index (Phi) is 6.33. The fraction of sp³-hybridized carbons (Fsp3) is 0.148. The molecule has 1 aliphatic heterocycles. The molecule has 3 aromatic rings. The molecule has 1 amide bonds. The average Bonchev–Trinajstić information content (AvgIpc) is 3.13. The number of benzene rings is 3. The molecular formula is C27H22N2O5. The summed E-state index contributed by atoms with van der Waals surface area (Å²) in [7, 11) is 0. The van der Waals surface area contributed by atoms with Crippen LogP contribution in [0.1, 0.15) is 36.1 Å². The van der Waals surface area contributed by atoms with Gasteiger partial charge >= 0.3 is 0 Å². The molecule has 7 nitrogen and oxygen atoms in total. The second kappa shape index (κ2) is 9.51. The van der Waals surface area contributed by atoms with Gasteiger partial charge in [0, 0.05) is 11.3 Å². The van der Waals surface area contributed by atoms with Gasteiger partial charge in [-0.05, 0) is 60.5 Å². The van der Waals surface area contributed by atoms with Gasteiger partial charge in [0.05, 0.1) is 29.9 Å². The van der Waals surface area contributed by atoms with Gasteiger partial charge in [-0.1, -0.05) is 31.2 Å². The van der Waals surface area contributed by atoms with E-state index in [0.29, 0.717) is 34.7 Å². The summed E-state index contributed by atoms with van der Waals surface area (Å²) in [5.74, 6) is -1.53. The van der Waals surface area contributed by atoms with E-state index in [4.69, 9.17) is 10.00 Å². The van der Waals surface area contributed by atoms with Crippen molar-refractivity contribution in [2.75, 3.05) is 11.5 Å². The number of carbonyl (C=O) groups is 2. The van der Waals surface area contributed by atoms with Gasteiger partial charge < -0.3 is 14.9 Å². The minimum absolute atomic E-state index is 0.0436. The van der Waals surface area contributed by atoms with Crippen LogP contribution >= 0.6 is 0 Å². The number of aliphatic hydroxyl groups is 1. The average molecular weight is 454 g/mol. The molecular weight excluding hydrogens is 432 g/mol. The number of anilines is 1. The highest BCUT2D eigenvalue weighted by Crippen LogP contribution is 2.43. The normalized spacial score (nSPS) is 16.9. The lowest BCUT2D eigenvalue weighted by Crippen LogP contribution is -2.29. The van der Waals surface area contributed by atoms with Crippen molar-refractivity contribution in [3.8, 4) is 17.6 Å². The number of carbonyl (C=O) groups excluding carboxylic acids is 2. The van der Waals surface area contributed by atoms with E-state index in [1.54, 1.807) is 60.7 Å². The molecule has 34 heavy (non-hydrogen) atoms. The van der Waals surface area contributed by atoms with Gasteiger partial charge in [0.2, 0.25) is 0 Å². The van der Waals surface area contributed by atoms with Crippen molar-refractivity contribution < 1.29 is 24.5 Å². The van der Waals surface area contributed by atoms with Crippen LogP contribution in [0.2, 0.25) is 0 Å². The Bertz CT molecular complexity index is 1320. The maximum absolute atomic E-state index is 13.2. The molecule has 3 aromatic carbocycles. The van der Waals surface area contributed by atoms with Crippen molar-refractivity contribution in [3.63, 3.8) is 0 Å². The van der Waals surface area contributed by atoms with E-state index >= 15 is 0 Å². The van der Waals surface area contributed by atoms with Crippen LogP contribution in [0.3, 0.4) is 0 Å². The molecule has 0 radical (unpaired) electrons. The second-order valence-electron chi connectivity index (χ2n) is 7.80. The van der Waals surface area contributed by atoms with Crippen molar-refractivity contribution in [3.05, 3.63) is 95.1 Å². The van der Waals surface area contributed by atoms with Gasteiger partial charge in [-0.15, -0.1) is 0 Å². The lowest BCUT2D eigenvalue weighted by molar-refractivity contribution is -0.132. The molecule has 0 bridgehead atoms. The molecule has 0 aromatic heterocycles. The van der Waals surface area contributed by atoms with E-state index < -0.39 is 17.7 Å². The van der Waals surface area contributed by atoms with Crippen LogP contribution in [0.5, 0.6) is 11.5 Å². The maximum Gasteiger partial charge on any atom is 0.300 e. The van der Waals surface area contributed by atoms with Gasteiger partial charge in [-0.3, -0.25) is 14.5 Å². The quantitative estimate of drug-likeness (QED) is 0.318. The van der Waals surface area contributed by atoms with Gasteiger partial charge in [0.1, 0.15) is 17.3 Å². The molecule has 7 heteroatoms. The first-order valence-electron chi connectivity index (χ1n) is 10.8. The predicted octanol–water partition coefficient (Wildman–Crippen LogP) is 4.68. The highest BCUT2D eigenvalue weighted by molar-refractivity contribution is 6.51. The molecule has 1 unspecified atom stereocenters. The summed E-state index contributed by atoms with van der Waals surface area (Å²) in [6.07, 6.45) is 0.809. The standard InChI is InChI=1S/C27H22N2O5/c1-2-13-34-22-8-4-6-19(15-22)25(31)23-24(18-5-3-7-21(30)14-18)29(27(33)26(23)32)20-11-9-17(16-28)10-12-20/h3-12,14-15,24,30-31H,2,13H2,1H3/b25-23-. The number of ketones is 1. The van der Waals surface area contributed by atoms with E-state index in [1.165, 1.54) is 17.0 Å². The number of ether oxygens (including phenoxy) is 1. The van der Waals surface area contributed by atoms with E-state index in [0.717, 1.165) is 6.42 Å². The van der Waals surface area contributed by atoms with E-state index in [1.807, 2.05) is 13.0 Å². The first-order chi connectivity index (χ1) is 16.4. The SMILES string of the molecule is CCCOc1cccc(/C(O)=C2/C(=O)C(=O)N(c3ccc(C#N)cc3)C2c2cccc(O)c2)c1. The van der Waals surface area contributed by atoms with Gasteiger partial charge in [0.25, 0.3) is 11.7 Å². The molecule has 1 saturated heterocycles. The summed E-state index contributed by atoms with van der Waals surface area (Å²) in [5, 5.41) is 30.4. The number of hydrogen-bond donors (Lipinski definition) is 2. The van der Waals surface area contributed by atoms with E-state index in [-0.39, 0.29) is 17.1 Å². The smallest absolute Gasteiger partial charge is 0.300 e. The van der Waals surface area contributed by atoms with Crippen molar-refractivity contribution in [2.45, 2.75) is 19.4 Å². The maximum atomic E-state index is 13.2. The van der Waals surface area contributed by atoms with Crippen LogP contribution in [0.4, 0.5) is 5.69 Å². The van der Waals surface area contributed by atoms with Crippen molar-refractivity contribution in [1.29, 1.82) is 5.26 Å². The lowest BCUT2D eigenvalue weighted by Gasteiger charge is -2.25. The summed E-state index contributed by atoms with van der Waals surface area (Å²) in [5.41, 5.74) is 1.46.